The van der Waals surface area contributed by atoms with E-state index in [1.807, 2.05) is 19.2 Å². The van der Waals surface area contributed by atoms with E-state index >= 15 is 0 Å². The highest BCUT2D eigenvalue weighted by Gasteiger charge is 2.25. The number of nitrogens with one attached hydrogen (secondary N) is 1. The maximum absolute atomic E-state index is 12.6. The number of hydrogen-bond acceptors (Lipinski definition) is 6. The summed E-state index contributed by atoms with van der Waals surface area (Å²) >= 11 is 0. The summed E-state index contributed by atoms with van der Waals surface area (Å²) in [6.45, 7) is 10.8. The number of carbonyl (C=O) groups is 1. The molecule has 0 atom stereocenters. The molecule has 25 heavy (non-hydrogen) atoms. The van der Waals surface area contributed by atoms with Gasteiger partial charge in [-0.3, -0.25) is 14.7 Å². The number of hydroxylamine groups is 1. The topological polar surface area (TPSA) is 63.3 Å². The zero-order valence-electron chi connectivity index (χ0n) is 15.2. The molecule has 0 aromatic heterocycles. The summed E-state index contributed by atoms with van der Waals surface area (Å²) in [4.78, 5) is 19.5. The Balaban J connectivity index is 2.47. The monoisotopic (exact) mass is 347 g/mol. The van der Waals surface area contributed by atoms with Crippen LogP contribution >= 0.6 is 0 Å². The SMILES string of the molecule is C=C(C)C(=O)N(CCNC)C(=C)c1cc2c(cc1N(C)OC)OCO2. The summed E-state index contributed by atoms with van der Waals surface area (Å²) in [6.07, 6.45) is 0. The highest BCUT2D eigenvalue weighted by molar-refractivity contribution is 5.99. The van der Waals surface area contributed by atoms with Crippen molar-refractivity contribution in [2.75, 3.05) is 46.2 Å². The molecule has 0 fully saturated rings. The Morgan fingerprint density at radius 1 is 1.32 bits per heavy atom. The summed E-state index contributed by atoms with van der Waals surface area (Å²) in [5, 5.41) is 4.63. The number of benzene rings is 1. The molecule has 7 heteroatoms. The highest BCUT2D eigenvalue weighted by Crippen LogP contribution is 2.41. The minimum Gasteiger partial charge on any atom is -0.454 e. The average Bonchev–Trinajstić information content (AvgIpc) is 3.07. The van der Waals surface area contributed by atoms with E-state index in [2.05, 4.69) is 18.5 Å². The predicted molar refractivity (Wildman–Crippen MR) is 97.5 cm³/mol. The summed E-state index contributed by atoms with van der Waals surface area (Å²) < 4.78 is 10.9. The van der Waals surface area contributed by atoms with E-state index in [0.717, 1.165) is 11.3 Å². The molecule has 0 radical (unpaired) electrons. The molecule has 2 rings (SSSR count). The number of fused-ring (bicyclic) bond motifs is 1. The van der Waals surface area contributed by atoms with Crippen LogP contribution in [0, 0.1) is 0 Å². The number of anilines is 1. The number of rotatable bonds is 8. The van der Waals surface area contributed by atoms with Crippen molar-refractivity contribution in [2.24, 2.45) is 0 Å². The Hall–Kier alpha value is -2.51. The third-order valence-electron chi connectivity index (χ3n) is 3.94. The fourth-order valence-electron chi connectivity index (χ4n) is 2.48. The lowest BCUT2D eigenvalue weighted by molar-refractivity contribution is -0.123. The van der Waals surface area contributed by atoms with Crippen LogP contribution in [0.5, 0.6) is 11.5 Å². The quantitative estimate of drug-likeness (QED) is 0.573. The second-order valence-corrected chi connectivity index (χ2v) is 5.69. The standard InChI is InChI=1S/C18H25N3O4/c1-12(2)18(22)21(8-7-19-4)13(3)14-9-16-17(25-11-24-16)10-15(14)20(5)23-6/h9-10,19H,1,3,7-8,11H2,2,4-6H3. The first kappa shape index (κ1) is 18.8. The van der Waals surface area contributed by atoms with Crippen LogP contribution in [-0.4, -0.2) is 51.9 Å². The van der Waals surface area contributed by atoms with Crippen molar-refractivity contribution in [3.63, 3.8) is 0 Å². The van der Waals surface area contributed by atoms with Crippen LogP contribution in [0.25, 0.3) is 5.70 Å². The molecule has 1 aromatic rings. The van der Waals surface area contributed by atoms with Crippen LogP contribution in [-0.2, 0) is 9.63 Å². The minimum absolute atomic E-state index is 0.162. The van der Waals surface area contributed by atoms with Crippen LogP contribution < -0.4 is 19.9 Å². The molecule has 1 aliphatic heterocycles. The van der Waals surface area contributed by atoms with E-state index in [1.165, 1.54) is 0 Å². The maximum Gasteiger partial charge on any atom is 0.253 e. The molecule has 1 aliphatic rings. The van der Waals surface area contributed by atoms with Crippen molar-refractivity contribution in [3.8, 4) is 11.5 Å². The third kappa shape index (κ3) is 3.94. The van der Waals surface area contributed by atoms with Gasteiger partial charge in [0.2, 0.25) is 6.79 Å². The summed E-state index contributed by atoms with van der Waals surface area (Å²) in [5.41, 5.74) is 2.43. The smallest absolute Gasteiger partial charge is 0.253 e. The third-order valence-corrected chi connectivity index (χ3v) is 3.94. The van der Waals surface area contributed by atoms with Crippen LogP contribution in [0.2, 0.25) is 0 Å². The Kier molecular flexibility index (Phi) is 6.06. The zero-order valence-corrected chi connectivity index (χ0v) is 15.2. The Morgan fingerprint density at radius 2 is 1.96 bits per heavy atom. The number of nitrogens with zero attached hydrogens (tertiary/aromatic N) is 2. The van der Waals surface area contributed by atoms with Crippen LogP contribution in [0.1, 0.15) is 12.5 Å². The van der Waals surface area contributed by atoms with Crippen LogP contribution in [0.15, 0.2) is 30.9 Å². The van der Waals surface area contributed by atoms with Gasteiger partial charge in [-0.05, 0) is 20.0 Å². The number of likely N-dealkylation sites (N-methyl/N-ethyl adjacent to an activating group) is 1. The zero-order chi connectivity index (χ0) is 18.6. The van der Waals surface area contributed by atoms with E-state index in [4.69, 9.17) is 14.3 Å². The van der Waals surface area contributed by atoms with E-state index in [1.54, 1.807) is 31.0 Å². The van der Waals surface area contributed by atoms with E-state index in [-0.39, 0.29) is 12.7 Å². The lowest BCUT2D eigenvalue weighted by Crippen LogP contribution is -2.35. The van der Waals surface area contributed by atoms with Crippen molar-refractivity contribution in [3.05, 3.63) is 36.4 Å². The fraction of sp³-hybridized carbons (Fsp3) is 0.389. The van der Waals surface area contributed by atoms with Crippen LogP contribution in [0.4, 0.5) is 5.69 Å². The molecule has 1 aromatic carbocycles. The van der Waals surface area contributed by atoms with Gasteiger partial charge in [0, 0.05) is 43.0 Å². The minimum atomic E-state index is -0.177. The molecule has 7 nitrogen and oxygen atoms in total. The summed E-state index contributed by atoms with van der Waals surface area (Å²) in [6, 6.07) is 3.63. The van der Waals surface area contributed by atoms with Crippen molar-refractivity contribution in [1.82, 2.24) is 10.2 Å². The van der Waals surface area contributed by atoms with Gasteiger partial charge in [-0.25, -0.2) is 0 Å². The van der Waals surface area contributed by atoms with E-state index in [9.17, 15) is 4.79 Å². The second-order valence-electron chi connectivity index (χ2n) is 5.69. The normalized spacial score (nSPS) is 12.0. The summed E-state index contributed by atoms with van der Waals surface area (Å²) in [7, 11) is 5.17. The van der Waals surface area contributed by atoms with Gasteiger partial charge in [0.15, 0.2) is 11.5 Å². The van der Waals surface area contributed by atoms with Gasteiger partial charge < -0.3 is 19.7 Å². The maximum atomic E-state index is 12.6. The first-order valence-corrected chi connectivity index (χ1v) is 7.93. The second kappa shape index (κ2) is 8.04. The number of hydrogen-bond donors (Lipinski definition) is 1. The average molecular weight is 347 g/mol. The fourth-order valence-corrected chi connectivity index (χ4v) is 2.48. The first-order chi connectivity index (χ1) is 11.9. The van der Waals surface area contributed by atoms with Crippen molar-refractivity contribution >= 4 is 17.3 Å². The van der Waals surface area contributed by atoms with Gasteiger partial charge >= 0.3 is 0 Å². The number of amides is 1. The molecule has 1 amide bonds. The molecule has 0 unspecified atom stereocenters. The van der Waals surface area contributed by atoms with E-state index in [0.29, 0.717) is 35.9 Å². The lowest BCUT2D eigenvalue weighted by atomic mass is 10.1. The van der Waals surface area contributed by atoms with Crippen molar-refractivity contribution in [1.29, 1.82) is 0 Å². The molecule has 0 aliphatic carbocycles. The van der Waals surface area contributed by atoms with Crippen molar-refractivity contribution in [2.45, 2.75) is 6.92 Å². The largest absolute Gasteiger partial charge is 0.454 e. The van der Waals surface area contributed by atoms with Crippen molar-refractivity contribution < 1.29 is 19.1 Å². The Bertz CT molecular complexity index is 687. The molecule has 136 valence electrons. The molecule has 1 N–H and O–H groups in total. The highest BCUT2D eigenvalue weighted by atomic mass is 16.7. The molecular weight excluding hydrogens is 322 g/mol. The number of carbonyl (C=O) groups excluding carboxylic acids is 1. The molecule has 0 saturated carbocycles. The van der Waals surface area contributed by atoms with Crippen LogP contribution in [0.3, 0.4) is 0 Å². The molecule has 0 saturated heterocycles. The molecule has 0 bridgehead atoms. The first-order valence-electron chi connectivity index (χ1n) is 7.93. The molecule has 0 spiro atoms. The van der Waals surface area contributed by atoms with E-state index < -0.39 is 0 Å². The van der Waals surface area contributed by atoms with Gasteiger partial charge in [-0.2, -0.15) is 0 Å². The van der Waals surface area contributed by atoms with Gasteiger partial charge in [0.25, 0.3) is 5.91 Å². The molecular formula is C18H25N3O4. The predicted octanol–water partition coefficient (Wildman–Crippen LogP) is 2.01. The Labute approximate surface area is 148 Å². The summed E-state index contributed by atoms with van der Waals surface area (Å²) in [5.74, 6) is 1.06. The number of ether oxygens (including phenoxy) is 2. The molecule has 1 heterocycles. The van der Waals surface area contributed by atoms with Gasteiger partial charge in [0.1, 0.15) is 0 Å². The van der Waals surface area contributed by atoms with Gasteiger partial charge in [-0.15, -0.1) is 0 Å². The Morgan fingerprint density at radius 3 is 2.52 bits per heavy atom. The van der Waals surface area contributed by atoms with Gasteiger partial charge in [-0.1, -0.05) is 13.2 Å². The lowest BCUT2D eigenvalue weighted by Gasteiger charge is -2.28. The van der Waals surface area contributed by atoms with Gasteiger partial charge in [0.05, 0.1) is 12.8 Å².